The minimum absolute atomic E-state index is 0.0756. The molecule has 2 aromatic rings. The van der Waals surface area contributed by atoms with Crippen LogP contribution in [0, 0.1) is 11.3 Å². The van der Waals surface area contributed by atoms with E-state index in [1.807, 2.05) is 39.8 Å². The van der Waals surface area contributed by atoms with Crippen LogP contribution in [0.4, 0.5) is 0 Å². The van der Waals surface area contributed by atoms with Gasteiger partial charge in [0, 0.05) is 17.8 Å². The highest BCUT2D eigenvalue weighted by Gasteiger charge is 2.52. The topological polar surface area (TPSA) is 61.8 Å². The first-order valence-corrected chi connectivity index (χ1v) is 22.9. The number of ether oxygens (including phenoxy) is 1. The summed E-state index contributed by atoms with van der Waals surface area (Å²) in [6, 6.07) is 24.1. The van der Waals surface area contributed by atoms with E-state index in [2.05, 4.69) is 119 Å². The number of hydrogen-bond donors (Lipinski definition) is 0. The molecule has 1 aliphatic heterocycles. The van der Waals surface area contributed by atoms with Crippen molar-refractivity contribution in [2.45, 2.75) is 135 Å². The first kappa shape index (κ1) is 39.6. The standard InChI is InChI=1S/C39H59BrO5Si2/c1-12-46(13-2,14-3)45-37(39(10,11)36(42)30(6)40)29(5)25-28(4)34-26-31(27-35(41)43-34)44-47(38(7,8)9,32-21-17-15-18-22-32)33-23-19-16-20-24-33/h15-25,29-31,34,37H,12-14,26-27H2,1-11H3/b28-25+/t29-,30?,31-,34-,37-/m0/s1. The molecule has 0 aromatic heterocycles. The lowest BCUT2D eigenvalue weighted by atomic mass is 9.75. The van der Waals surface area contributed by atoms with Crippen LogP contribution in [0.25, 0.3) is 0 Å². The second kappa shape index (κ2) is 16.2. The van der Waals surface area contributed by atoms with Gasteiger partial charge in [-0.25, -0.2) is 0 Å². The van der Waals surface area contributed by atoms with E-state index in [1.54, 1.807) is 0 Å². The fraction of sp³-hybridized carbons (Fsp3) is 0.590. The van der Waals surface area contributed by atoms with Crippen LogP contribution in [0.3, 0.4) is 0 Å². The first-order valence-electron chi connectivity index (χ1n) is 17.5. The highest BCUT2D eigenvalue weighted by atomic mass is 79.9. The summed E-state index contributed by atoms with van der Waals surface area (Å²) in [6.07, 6.45) is 1.96. The first-order chi connectivity index (χ1) is 22.0. The summed E-state index contributed by atoms with van der Waals surface area (Å²) in [6.45, 7) is 23.6. The van der Waals surface area contributed by atoms with Gasteiger partial charge in [0.05, 0.1) is 23.5 Å². The van der Waals surface area contributed by atoms with Gasteiger partial charge in [-0.1, -0.05) is 145 Å². The molecular weight excluding hydrogens is 685 g/mol. The number of carbonyl (C=O) groups excluding carboxylic acids is 2. The predicted molar refractivity (Wildman–Crippen MR) is 204 cm³/mol. The summed E-state index contributed by atoms with van der Waals surface area (Å²) in [4.78, 5) is 26.6. The van der Waals surface area contributed by atoms with E-state index in [0.717, 1.165) is 23.7 Å². The number of halogens is 1. The summed E-state index contributed by atoms with van der Waals surface area (Å²) in [5.41, 5.74) is 0.261. The van der Waals surface area contributed by atoms with E-state index in [1.165, 1.54) is 10.4 Å². The smallest absolute Gasteiger partial charge is 0.308 e. The lowest BCUT2D eigenvalue weighted by molar-refractivity contribution is -0.156. The number of alkyl halides is 1. The summed E-state index contributed by atoms with van der Waals surface area (Å²) in [7, 11) is -4.91. The molecule has 47 heavy (non-hydrogen) atoms. The predicted octanol–water partition coefficient (Wildman–Crippen LogP) is 8.99. The van der Waals surface area contributed by atoms with Crippen LogP contribution in [-0.4, -0.2) is 51.5 Å². The van der Waals surface area contributed by atoms with E-state index < -0.39 is 28.2 Å². The minimum atomic E-state index is -2.85. The van der Waals surface area contributed by atoms with Gasteiger partial charge < -0.3 is 13.6 Å². The SMILES string of the molecule is CC[Si](CC)(CC)O[C@@H]([C@@H](C)/C=C(\C)[C@@H]1C[C@H](O[Si](c2ccccc2)(c2ccccc2)C(C)(C)C)CC(=O)O1)C(C)(C)C(=O)C(C)Br. The Morgan fingerprint density at radius 3 is 1.85 bits per heavy atom. The van der Waals surface area contributed by atoms with Crippen LogP contribution in [0.2, 0.25) is 23.2 Å². The number of esters is 1. The Balaban J connectivity index is 2.01. The number of benzene rings is 2. The van der Waals surface area contributed by atoms with Crippen LogP contribution >= 0.6 is 15.9 Å². The van der Waals surface area contributed by atoms with E-state index in [9.17, 15) is 9.59 Å². The number of Topliss-reactive ketones (excluding diaryl/α,β-unsaturated/α-hetero) is 1. The number of hydrogen-bond acceptors (Lipinski definition) is 5. The molecule has 5 nitrogen and oxygen atoms in total. The Morgan fingerprint density at radius 2 is 1.43 bits per heavy atom. The van der Waals surface area contributed by atoms with Crippen molar-refractivity contribution in [2.24, 2.45) is 11.3 Å². The molecule has 5 atom stereocenters. The molecule has 0 aliphatic carbocycles. The van der Waals surface area contributed by atoms with Crippen molar-refractivity contribution in [1.82, 2.24) is 0 Å². The lowest BCUT2D eigenvalue weighted by Gasteiger charge is -2.46. The van der Waals surface area contributed by atoms with E-state index in [4.69, 9.17) is 13.6 Å². The third-order valence-electron chi connectivity index (χ3n) is 10.4. The second-order valence-electron chi connectivity index (χ2n) is 15.1. The van der Waals surface area contributed by atoms with Crippen LogP contribution < -0.4 is 10.4 Å². The van der Waals surface area contributed by atoms with E-state index in [-0.39, 0.29) is 46.2 Å². The van der Waals surface area contributed by atoms with Gasteiger partial charge in [-0.05, 0) is 53.0 Å². The quantitative estimate of drug-likeness (QED) is 0.0789. The largest absolute Gasteiger partial charge is 0.458 e. The summed E-state index contributed by atoms with van der Waals surface area (Å²) < 4.78 is 20.6. The number of cyclic esters (lactones) is 1. The fourth-order valence-electron chi connectivity index (χ4n) is 7.52. The molecule has 0 saturated carbocycles. The van der Waals surface area contributed by atoms with Crippen LogP contribution in [-0.2, 0) is 23.2 Å². The van der Waals surface area contributed by atoms with E-state index >= 15 is 0 Å². The Labute approximate surface area is 295 Å². The molecular formula is C39H59BrO5Si2. The molecule has 0 N–H and O–H groups in total. The monoisotopic (exact) mass is 742 g/mol. The molecule has 2 aromatic carbocycles. The Morgan fingerprint density at radius 1 is 0.936 bits per heavy atom. The highest BCUT2D eigenvalue weighted by Crippen LogP contribution is 2.41. The fourth-order valence-corrected chi connectivity index (χ4v) is 15.8. The van der Waals surface area contributed by atoms with Gasteiger partial charge in [0.2, 0.25) is 0 Å². The Hall–Kier alpha value is -1.85. The van der Waals surface area contributed by atoms with Crippen LogP contribution in [0.15, 0.2) is 72.3 Å². The second-order valence-corrected chi connectivity index (χ2v) is 25.4. The van der Waals surface area contributed by atoms with Crippen LogP contribution in [0.5, 0.6) is 0 Å². The molecule has 0 spiro atoms. The van der Waals surface area contributed by atoms with Gasteiger partial charge in [-0.2, -0.15) is 0 Å². The van der Waals surface area contributed by atoms with Gasteiger partial charge in [0.25, 0.3) is 8.32 Å². The average molecular weight is 744 g/mol. The molecule has 1 fully saturated rings. The van der Waals surface area contributed by atoms with Crippen molar-refractivity contribution in [3.8, 4) is 0 Å². The Bertz CT molecular complexity index is 1300. The molecule has 3 rings (SSSR count). The molecule has 1 unspecified atom stereocenters. The normalized spacial score (nSPS) is 20.3. The van der Waals surface area contributed by atoms with Gasteiger partial charge in [0.15, 0.2) is 14.1 Å². The van der Waals surface area contributed by atoms with Crippen molar-refractivity contribution in [1.29, 1.82) is 0 Å². The molecule has 1 saturated heterocycles. The number of carbonyl (C=O) groups is 2. The molecule has 0 amide bonds. The third kappa shape index (κ3) is 8.85. The van der Waals surface area contributed by atoms with Crippen molar-refractivity contribution in [3.63, 3.8) is 0 Å². The average Bonchev–Trinajstić information content (AvgIpc) is 3.03. The highest BCUT2D eigenvalue weighted by molar-refractivity contribution is 9.10. The Kier molecular flexibility index (Phi) is 13.7. The van der Waals surface area contributed by atoms with E-state index in [0.29, 0.717) is 6.42 Å². The van der Waals surface area contributed by atoms with Crippen molar-refractivity contribution in [2.75, 3.05) is 0 Å². The summed E-state index contributed by atoms with van der Waals surface area (Å²) in [5, 5.41) is 2.19. The molecule has 8 heteroatoms. The maximum Gasteiger partial charge on any atom is 0.308 e. The van der Waals surface area contributed by atoms with Crippen LogP contribution in [0.1, 0.15) is 89.0 Å². The number of rotatable bonds is 15. The van der Waals surface area contributed by atoms with Crippen molar-refractivity contribution in [3.05, 3.63) is 72.3 Å². The maximum atomic E-state index is 13.6. The molecule has 260 valence electrons. The van der Waals surface area contributed by atoms with Crippen molar-refractivity contribution >= 4 is 54.7 Å². The lowest BCUT2D eigenvalue weighted by Crippen LogP contribution is -2.68. The zero-order valence-electron chi connectivity index (χ0n) is 30.7. The summed E-state index contributed by atoms with van der Waals surface area (Å²) in [5.74, 6) is -0.182. The molecule has 0 bridgehead atoms. The van der Waals surface area contributed by atoms with Gasteiger partial charge in [-0.3, -0.25) is 9.59 Å². The zero-order valence-corrected chi connectivity index (χ0v) is 34.3. The minimum Gasteiger partial charge on any atom is -0.458 e. The third-order valence-corrected chi connectivity index (χ3v) is 20.6. The van der Waals surface area contributed by atoms with Gasteiger partial charge in [-0.15, -0.1) is 0 Å². The zero-order chi connectivity index (χ0) is 35.2. The van der Waals surface area contributed by atoms with Gasteiger partial charge in [0.1, 0.15) is 6.10 Å². The summed E-state index contributed by atoms with van der Waals surface area (Å²) >= 11 is 3.54. The number of ketones is 1. The molecule has 1 heterocycles. The maximum absolute atomic E-state index is 13.6. The van der Waals surface area contributed by atoms with Gasteiger partial charge >= 0.3 is 5.97 Å². The van der Waals surface area contributed by atoms with Crippen molar-refractivity contribution < 1.29 is 23.2 Å². The molecule has 1 aliphatic rings. The molecule has 0 radical (unpaired) electrons.